The Bertz CT molecular complexity index is 420. The molecule has 0 saturated carbocycles. The van der Waals surface area contributed by atoms with E-state index in [9.17, 15) is 17.2 Å². The molecule has 13 heavy (non-hydrogen) atoms. The fourth-order valence-corrected chi connectivity index (χ4v) is 1.24. The van der Waals surface area contributed by atoms with E-state index in [2.05, 4.69) is 5.14 Å². The molecule has 0 unspecified atom stereocenters. The molecule has 0 heterocycles. The molecule has 0 aliphatic rings. The Labute approximate surface area is 72.7 Å². The van der Waals surface area contributed by atoms with Gasteiger partial charge in [0.15, 0.2) is 17.4 Å². The second kappa shape index (κ2) is 2.93. The lowest BCUT2D eigenvalue weighted by atomic mass is 10.3. The van der Waals surface area contributed by atoms with Crippen LogP contribution in [0.4, 0.5) is 8.78 Å². The van der Waals surface area contributed by atoms with Crippen molar-refractivity contribution < 1.29 is 22.3 Å². The summed E-state index contributed by atoms with van der Waals surface area (Å²) < 4.78 is 46.3. The Balaban J connectivity index is 3.47. The summed E-state index contributed by atoms with van der Waals surface area (Å²) in [5.74, 6) is -3.97. The number of primary sulfonamides is 1. The lowest BCUT2D eigenvalue weighted by Gasteiger charge is -2.00. The summed E-state index contributed by atoms with van der Waals surface area (Å²) >= 11 is 0. The number of sulfonamides is 1. The molecule has 1 rings (SSSR count). The molecule has 0 aliphatic carbocycles. The highest BCUT2D eigenvalue weighted by atomic mass is 32.2. The summed E-state index contributed by atoms with van der Waals surface area (Å²) in [7, 11) is -4.16. The molecule has 0 aliphatic heterocycles. The van der Waals surface area contributed by atoms with Crippen molar-refractivity contribution in [2.24, 2.45) is 5.14 Å². The molecule has 1 aromatic carbocycles. The second-order valence-electron chi connectivity index (χ2n) is 2.28. The van der Waals surface area contributed by atoms with E-state index in [1.165, 1.54) is 0 Å². The number of hydrogen-bond acceptors (Lipinski definition) is 3. The van der Waals surface area contributed by atoms with Crippen LogP contribution in [-0.4, -0.2) is 13.5 Å². The van der Waals surface area contributed by atoms with Gasteiger partial charge in [0.25, 0.3) is 0 Å². The third-order valence-corrected chi connectivity index (χ3v) is 2.21. The van der Waals surface area contributed by atoms with Gasteiger partial charge in [0.05, 0.1) is 4.90 Å². The number of aromatic hydroxyl groups is 1. The van der Waals surface area contributed by atoms with Crippen molar-refractivity contribution >= 4 is 10.0 Å². The molecule has 72 valence electrons. The van der Waals surface area contributed by atoms with E-state index >= 15 is 0 Å². The molecular formula is C6H5F2NO3S. The van der Waals surface area contributed by atoms with Crippen LogP contribution in [0.3, 0.4) is 0 Å². The topological polar surface area (TPSA) is 80.4 Å². The van der Waals surface area contributed by atoms with Crippen LogP contribution in [0.2, 0.25) is 0 Å². The summed E-state index contributed by atoms with van der Waals surface area (Å²) in [6.07, 6.45) is 0. The number of rotatable bonds is 1. The van der Waals surface area contributed by atoms with Crippen molar-refractivity contribution in [2.75, 3.05) is 0 Å². The smallest absolute Gasteiger partial charge is 0.238 e. The molecule has 0 radical (unpaired) electrons. The molecule has 0 atom stereocenters. The van der Waals surface area contributed by atoms with Gasteiger partial charge in [0.1, 0.15) is 0 Å². The molecule has 4 nitrogen and oxygen atoms in total. The van der Waals surface area contributed by atoms with Gasteiger partial charge in [-0.05, 0) is 12.1 Å². The van der Waals surface area contributed by atoms with Gasteiger partial charge in [-0.3, -0.25) is 0 Å². The zero-order valence-corrected chi connectivity index (χ0v) is 6.98. The van der Waals surface area contributed by atoms with Crippen LogP contribution in [0, 0.1) is 11.6 Å². The van der Waals surface area contributed by atoms with Crippen LogP contribution in [0.5, 0.6) is 5.75 Å². The SMILES string of the molecule is NS(=O)(=O)c1cc(F)c(O)c(F)c1. The standard InChI is InChI=1S/C6H5F2NO3S/c7-4-1-3(13(9,11)12)2-5(8)6(4)10/h1-2,10H,(H2,9,11,12). The minimum atomic E-state index is -4.16. The number of nitrogens with two attached hydrogens (primary N) is 1. The maximum atomic E-state index is 12.6. The summed E-state index contributed by atoms with van der Waals surface area (Å²) in [6.45, 7) is 0. The zero-order valence-electron chi connectivity index (χ0n) is 6.16. The van der Waals surface area contributed by atoms with Gasteiger partial charge in [-0.2, -0.15) is 0 Å². The average molecular weight is 209 g/mol. The Kier molecular flexibility index (Phi) is 2.22. The zero-order chi connectivity index (χ0) is 10.2. The van der Waals surface area contributed by atoms with Crippen LogP contribution in [0.1, 0.15) is 0 Å². The molecule has 0 spiro atoms. The first-order valence-electron chi connectivity index (χ1n) is 3.03. The van der Waals surface area contributed by atoms with E-state index in [1.54, 1.807) is 0 Å². The van der Waals surface area contributed by atoms with Gasteiger partial charge in [-0.1, -0.05) is 0 Å². The van der Waals surface area contributed by atoms with E-state index in [1.807, 2.05) is 0 Å². The van der Waals surface area contributed by atoms with Crippen LogP contribution >= 0.6 is 0 Å². The van der Waals surface area contributed by atoms with Gasteiger partial charge < -0.3 is 5.11 Å². The lowest BCUT2D eigenvalue weighted by Crippen LogP contribution is -2.12. The van der Waals surface area contributed by atoms with E-state index in [0.29, 0.717) is 12.1 Å². The largest absolute Gasteiger partial charge is 0.503 e. The first-order chi connectivity index (χ1) is 5.82. The van der Waals surface area contributed by atoms with Crippen LogP contribution in [-0.2, 0) is 10.0 Å². The van der Waals surface area contributed by atoms with Gasteiger partial charge in [0.2, 0.25) is 10.0 Å². The Morgan fingerprint density at radius 1 is 1.23 bits per heavy atom. The Morgan fingerprint density at radius 3 is 1.92 bits per heavy atom. The number of benzene rings is 1. The van der Waals surface area contributed by atoms with E-state index in [4.69, 9.17) is 5.11 Å². The van der Waals surface area contributed by atoms with Gasteiger partial charge in [0, 0.05) is 0 Å². The average Bonchev–Trinajstić information content (AvgIpc) is 1.97. The predicted molar refractivity (Wildman–Crippen MR) is 39.4 cm³/mol. The maximum Gasteiger partial charge on any atom is 0.238 e. The third kappa shape index (κ3) is 1.93. The second-order valence-corrected chi connectivity index (χ2v) is 3.84. The first kappa shape index (κ1) is 9.87. The van der Waals surface area contributed by atoms with Gasteiger partial charge >= 0.3 is 0 Å². The molecule has 3 N–H and O–H groups in total. The highest BCUT2D eigenvalue weighted by Gasteiger charge is 2.15. The number of phenolic OH excluding ortho intramolecular Hbond substituents is 1. The van der Waals surface area contributed by atoms with Crippen LogP contribution in [0.25, 0.3) is 0 Å². The molecule has 1 aromatic rings. The quantitative estimate of drug-likeness (QED) is 0.698. The van der Waals surface area contributed by atoms with Crippen molar-refractivity contribution in [1.82, 2.24) is 0 Å². The van der Waals surface area contributed by atoms with Crippen molar-refractivity contribution in [3.63, 3.8) is 0 Å². The van der Waals surface area contributed by atoms with Gasteiger partial charge in [-0.25, -0.2) is 22.3 Å². The third-order valence-electron chi connectivity index (χ3n) is 1.32. The van der Waals surface area contributed by atoms with Crippen molar-refractivity contribution in [2.45, 2.75) is 4.90 Å². The minimum absolute atomic E-state index is 0.438. The van der Waals surface area contributed by atoms with E-state index in [0.717, 1.165) is 0 Å². The molecule has 7 heteroatoms. The maximum absolute atomic E-state index is 12.6. The monoisotopic (exact) mass is 209 g/mol. The fraction of sp³-hybridized carbons (Fsp3) is 0. The van der Waals surface area contributed by atoms with Crippen molar-refractivity contribution in [3.8, 4) is 5.75 Å². The molecule has 0 saturated heterocycles. The molecule has 0 bridgehead atoms. The number of halogens is 2. The minimum Gasteiger partial charge on any atom is -0.503 e. The summed E-state index contributed by atoms with van der Waals surface area (Å²) in [5.41, 5.74) is 0. The molecule has 0 aromatic heterocycles. The molecule has 0 amide bonds. The normalized spacial score (nSPS) is 11.6. The van der Waals surface area contributed by atoms with E-state index < -0.39 is 32.3 Å². The van der Waals surface area contributed by atoms with Crippen molar-refractivity contribution in [3.05, 3.63) is 23.8 Å². The first-order valence-corrected chi connectivity index (χ1v) is 4.58. The van der Waals surface area contributed by atoms with E-state index in [-0.39, 0.29) is 0 Å². The lowest BCUT2D eigenvalue weighted by molar-refractivity contribution is 0.394. The summed E-state index contributed by atoms with van der Waals surface area (Å²) in [6, 6.07) is 0.876. The Morgan fingerprint density at radius 2 is 1.62 bits per heavy atom. The molecular weight excluding hydrogens is 204 g/mol. The van der Waals surface area contributed by atoms with Gasteiger partial charge in [-0.15, -0.1) is 0 Å². The fourth-order valence-electron chi connectivity index (χ4n) is 0.707. The predicted octanol–water partition coefficient (Wildman–Crippen LogP) is 0.318. The summed E-state index contributed by atoms with van der Waals surface area (Å²) in [5, 5.41) is 13.2. The van der Waals surface area contributed by atoms with Crippen molar-refractivity contribution in [1.29, 1.82) is 0 Å². The molecule has 0 fully saturated rings. The summed E-state index contributed by atoms with van der Waals surface area (Å²) in [4.78, 5) is -0.722. The van der Waals surface area contributed by atoms with Crippen LogP contribution < -0.4 is 5.14 Å². The Hall–Kier alpha value is -1.21. The highest BCUT2D eigenvalue weighted by molar-refractivity contribution is 7.89. The van der Waals surface area contributed by atoms with Crippen LogP contribution in [0.15, 0.2) is 17.0 Å². The highest BCUT2D eigenvalue weighted by Crippen LogP contribution is 2.22. The number of phenols is 1. The number of hydrogen-bond donors (Lipinski definition) is 2.